The Kier molecular flexibility index (Phi) is 14.1. The van der Waals surface area contributed by atoms with Crippen molar-refractivity contribution >= 4 is 30.7 Å². The summed E-state index contributed by atoms with van der Waals surface area (Å²) in [6.45, 7) is 7.06. The van der Waals surface area contributed by atoms with Crippen molar-refractivity contribution in [3.05, 3.63) is 0 Å². The molecule has 1 aliphatic heterocycles. The number of carbonyl (C=O) groups excluding carboxylic acids is 1. The summed E-state index contributed by atoms with van der Waals surface area (Å²) in [5, 5.41) is 3.09. The van der Waals surface area contributed by atoms with Crippen LogP contribution in [0.1, 0.15) is 19.8 Å². The molecule has 0 aromatic heterocycles. The summed E-state index contributed by atoms with van der Waals surface area (Å²) in [7, 11) is 3.56. The molecule has 1 rings (SSSR count). The second kappa shape index (κ2) is 12.7. The normalized spacial score (nSPS) is 18.2. The first-order valence-corrected chi connectivity index (χ1v) is 6.86. The van der Waals surface area contributed by atoms with Crippen LogP contribution in [-0.2, 0) is 9.53 Å². The molecule has 0 aliphatic carbocycles. The van der Waals surface area contributed by atoms with Crippen LogP contribution in [0, 0.1) is 0 Å². The minimum absolute atomic E-state index is 0. The molecular weight excluding hydrogens is 301 g/mol. The number of hydrogen-bond donors (Lipinski definition) is 1. The highest BCUT2D eigenvalue weighted by atomic mass is 35.5. The molecule has 1 unspecified atom stereocenters. The predicted octanol–water partition coefficient (Wildman–Crippen LogP) is 1.01. The quantitative estimate of drug-likeness (QED) is 0.675. The molecule has 0 bridgehead atoms. The molecule has 20 heavy (non-hydrogen) atoms. The number of ether oxygens (including phenoxy) is 1. The molecule has 7 heteroatoms. The van der Waals surface area contributed by atoms with Gasteiger partial charge in [-0.25, -0.2) is 0 Å². The Balaban J connectivity index is 0. The van der Waals surface area contributed by atoms with Crippen LogP contribution >= 0.6 is 24.8 Å². The number of amides is 1. The second-order valence-electron chi connectivity index (χ2n) is 4.87. The Morgan fingerprint density at radius 3 is 2.75 bits per heavy atom. The van der Waals surface area contributed by atoms with Gasteiger partial charge in [0.2, 0.25) is 5.91 Å². The number of methoxy groups -OCH3 is 1. The van der Waals surface area contributed by atoms with E-state index in [1.54, 1.807) is 7.11 Å². The number of halogens is 2. The Hall–Kier alpha value is -0.0700. The number of likely N-dealkylation sites (tertiary alicyclic amines) is 1. The van der Waals surface area contributed by atoms with Crippen molar-refractivity contribution in [1.29, 1.82) is 0 Å². The van der Waals surface area contributed by atoms with Gasteiger partial charge in [0.1, 0.15) is 0 Å². The summed E-state index contributed by atoms with van der Waals surface area (Å²) in [5.74, 6) is 0.161. The smallest absolute Gasteiger partial charge is 0.236 e. The first-order chi connectivity index (χ1) is 8.69. The fourth-order valence-corrected chi connectivity index (χ4v) is 2.44. The number of nitrogens with one attached hydrogen (secondary N) is 1. The van der Waals surface area contributed by atoms with Gasteiger partial charge in [-0.15, -0.1) is 24.8 Å². The summed E-state index contributed by atoms with van der Waals surface area (Å²) in [4.78, 5) is 16.2. The molecule has 0 radical (unpaired) electrons. The number of carbonyl (C=O) groups is 1. The highest BCUT2D eigenvalue weighted by Gasteiger charge is 2.25. The van der Waals surface area contributed by atoms with Crippen LogP contribution in [-0.4, -0.2) is 75.2 Å². The highest BCUT2D eigenvalue weighted by molar-refractivity contribution is 5.85. The molecule has 1 fully saturated rings. The van der Waals surface area contributed by atoms with Gasteiger partial charge in [-0.05, 0) is 25.9 Å². The van der Waals surface area contributed by atoms with Crippen LogP contribution in [0.15, 0.2) is 0 Å². The molecule has 0 saturated carbocycles. The zero-order valence-electron chi connectivity index (χ0n) is 12.8. The number of likely N-dealkylation sites (N-methyl/N-ethyl adjacent to an activating group) is 2. The lowest BCUT2D eigenvalue weighted by Crippen LogP contribution is -2.44. The number of nitrogens with zero attached hydrogens (tertiary/aromatic N) is 2. The van der Waals surface area contributed by atoms with Gasteiger partial charge in [0.25, 0.3) is 0 Å². The van der Waals surface area contributed by atoms with Crippen molar-refractivity contribution in [3.63, 3.8) is 0 Å². The predicted molar refractivity (Wildman–Crippen MR) is 87.1 cm³/mol. The molecule has 122 valence electrons. The Bertz CT molecular complexity index is 258. The van der Waals surface area contributed by atoms with Gasteiger partial charge in [-0.1, -0.05) is 6.92 Å². The molecule has 0 aromatic rings. The topological polar surface area (TPSA) is 44.8 Å². The van der Waals surface area contributed by atoms with Crippen molar-refractivity contribution in [2.45, 2.75) is 25.8 Å². The summed E-state index contributed by atoms with van der Waals surface area (Å²) in [6, 6.07) is 0.544. The molecule has 0 spiro atoms. The Labute approximate surface area is 135 Å². The molecule has 0 aromatic carbocycles. The summed E-state index contributed by atoms with van der Waals surface area (Å²) in [6.07, 6.45) is 2.47. The minimum Gasteiger partial charge on any atom is -0.383 e. The largest absolute Gasteiger partial charge is 0.383 e. The third kappa shape index (κ3) is 7.64. The van der Waals surface area contributed by atoms with Crippen LogP contribution in [0.3, 0.4) is 0 Å². The van der Waals surface area contributed by atoms with E-state index in [4.69, 9.17) is 4.74 Å². The van der Waals surface area contributed by atoms with Gasteiger partial charge in [0.15, 0.2) is 0 Å². The van der Waals surface area contributed by atoms with Crippen LogP contribution in [0.4, 0.5) is 0 Å². The summed E-state index contributed by atoms with van der Waals surface area (Å²) in [5.41, 5.74) is 0. The molecule has 1 atom stereocenters. The van der Waals surface area contributed by atoms with Gasteiger partial charge >= 0.3 is 0 Å². The van der Waals surface area contributed by atoms with Crippen molar-refractivity contribution in [2.24, 2.45) is 0 Å². The van der Waals surface area contributed by atoms with Crippen LogP contribution < -0.4 is 5.32 Å². The monoisotopic (exact) mass is 329 g/mol. The van der Waals surface area contributed by atoms with Crippen molar-refractivity contribution in [2.75, 3.05) is 53.5 Å². The first-order valence-electron chi connectivity index (χ1n) is 6.86. The van der Waals surface area contributed by atoms with Gasteiger partial charge in [0, 0.05) is 33.3 Å². The molecule has 1 heterocycles. The van der Waals surface area contributed by atoms with Crippen LogP contribution in [0.25, 0.3) is 0 Å². The van der Waals surface area contributed by atoms with E-state index in [-0.39, 0.29) is 30.7 Å². The maximum absolute atomic E-state index is 11.9. The van der Waals surface area contributed by atoms with E-state index in [9.17, 15) is 4.79 Å². The first kappa shape index (κ1) is 22.2. The minimum atomic E-state index is 0. The maximum Gasteiger partial charge on any atom is 0.236 e. The fourth-order valence-electron chi connectivity index (χ4n) is 2.44. The summed E-state index contributed by atoms with van der Waals surface area (Å²) >= 11 is 0. The molecule has 1 N–H and O–H groups in total. The van der Waals surface area contributed by atoms with Gasteiger partial charge in [-0.2, -0.15) is 0 Å². The Morgan fingerprint density at radius 1 is 1.45 bits per heavy atom. The summed E-state index contributed by atoms with van der Waals surface area (Å²) < 4.78 is 4.93. The van der Waals surface area contributed by atoms with Gasteiger partial charge in [-0.3, -0.25) is 9.69 Å². The molecular formula is C13H29Cl2N3O2. The second-order valence-corrected chi connectivity index (χ2v) is 4.87. The van der Waals surface area contributed by atoms with Gasteiger partial charge < -0.3 is 15.0 Å². The average Bonchev–Trinajstić information content (AvgIpc) is 2.81. The SMILES string of the molecule is CCN1CCCC1CN(C)C(=O)CNCCOC.Cl.Cl. The highest BCUT2D eigenvalue weighted by Crippen LogP contribution is 2.17. The van der Waals surface area contributed by atoms with E-state index < -0.39 is 0 Å². The van der Waals surface area contributed by atoms with E-state index in [0.717, 1.165) is 19.6 Å². The maximum atomic E-state index is 11.9. The lowest BCUT2D eigenvalue weighted by atomic mass is 10.2. The zero-order valence-corrected chi connectivity index (χ0v) is 14.4. The Morgan fingerprint density at radius 2 is 2.15 bits per heavy atom. The van der Waals surface area contributed by atoms with E-state index in [2.05, 4.69) is 17.1 Å². The molecule has 1 aliphatic rings. The van der Waals surface area contributed by atoms with Crippen LogP contribution in [0.2, 0.25) is 0 Å². The zero-order chi connectivity index (χ0) is 13.4. The molecule has 1 saturated heterocycles. The van der Waals surface area contributed by atoms with Crippen LogP contribution in [0.5, 0.6) is 0 Å². The number of rotatable bonds is 8. The van der Waals surface area contributed by atoms with E-state index in [1.165, 1.54) is 19.4 Å². The fraction of sp³-hybridized carbons (Fsp3) is 0.923. The van der Waals surface area contributed by atoms with Crippen molar-refractivity contribution in [3.8, 4) is 0 Å². The van der Waals surface area contributed by atoms with E-state index >= 15 is 0 Å². The standard InChI is InChI=1S/C13H27N3O2.2ClH/c1-4-16-8-5-6-12(16)11-15(2)13(17)10-14-7-9-18-3;;/h12,14H,4-11H2,1-3H3;2*1H. The van der Waals surface area contributed by atoms with Crippen molar-refractivity contribution < 1.29 is 9.53 Å². The lowest BCUT2D eigenvalue weighted by molar-refractivity contribution is -0.129. The van der Waals surface area contributed by atoms with Crippen molar-refractivity contribution in [1.82, 2.24) is 15.1 Å². The third-order valence-corrected chi connectivity index (χ3v) is 3.57. The third-order valence-electron chi connectivity index (χ3n) is 3.57. The van der Waals surface area contributed by atoms with E-state index in [0.29, 0.717) is 19.2 Å². The average molecular weight is 330 g/mol. The molecule has 5 nitrogen and oxygen atoms in total. The lowest BCUT2D eigenvalue weighted by Gasteiger charge is -2.27. The number of hydrogen-bond acceptors (Lipinski definition) is 4. The molecule has 1 amide bonds. The van der Waals surface area contributed by atoms with E-state index in [1.807, 2.05) is 11.9 Å². The van der Waals surface area contributed by atoms with Gasteiger partial charge in [0.05, 0.1) is 13.2 Å².